The van der Waals surface area contributed by atoms with Gasteiger partial charge in [-0.25, -0.2) is 0 Å². The highest BCUT2D eigenvalue weighted by Gasteiger charge is 2.06. The van der Waals surface area contributed by atoms with Crippen molar-refractivity contribution in [2.75, 3.05) is 5.73 Å². The molecule has 0 aliphatic heterocycles. The second-order valence-electron chi connectivity index (χ2n) is 3.71. The third-order valence-corrected chi connectivity index (χ3v) is 3.29. The van der Waals surface area contributed by atoms with E-state index in [-0.39, 0.29) is 11.4 Å². The zero-order valence-corrected chi connectivity index (χ0v) is 11.7. The molecule has 0 saturated heterocycles. The lowest BCUT2D eigenvalue weighted by atomic mass is 10.2. The predicted molar refractivity (Wildman–Crippen MR) is 76.0 cm³/mol. The Hall–Kier alpha value is -1.39. The Morgan fingerprint density at radius 2 is 2.06 bits per heavy atom. The molecule has 2 aromatic carbocycles. The summed E-state index contributed by atoms with van der Waals surface area (Å²) < 4.78 is 6.45. The van der Waals surface area contributed by atoms with Crippen LogP contribution in [0.5, 0.6) is 11.5 Å². The number of hydrogen-bond acceptors (Lipinski definition) is 3. The van der Waals surface area contributed by atoms with Crippen LogP contribution in [0.4, 0.5) is 5.69 Å². The number of anilines is 1. The standard InChI is InChI=1S/C13H11BrClNO2/c14-9-5-4-8(10(15)6-9)7-18-12-3-1-2-11(17)13(12)16/h1-6,17H,7,16H2. The SMILES string of the molecule is Nc1c(O)cccc1OCc1ccc(Br)cc1Cl. The normalized spacial score (nSPS) is 10.3. The van der Waals surface area contributed by atoms with Crippen LogP contribution in [-0.2, 0) is 6.61 Å². The topological polar surface area (TPSA) is 55.5 Å². The van der Waals surface area contributed by atoms with E-state index in [2.05, 4.69) is 15.9 Å². The van der Waals surface area contributed by atoms with Crippen molar-refractivity contribution in [3.63, 3.8) is 0 Å². The minimum absolute atomic E-state index is 0.00871. The minimum Gasteiger partial charge on any atom is -0.506 e. The van der Waals surface area contributed by atoms with E-state index in [4.69, 9.17) is 22.1 Å². The summed E-state index contributed by atoms with van der Waals surface area (Å²) in [6.45, 7) is 0.291. The van der Waals surface area contributed by atoms with Gasteiger partial charge in [-0.2, -0.15) is 0 Å². The third-order valence-electron chi connectivity index (χ3n) is 2.44. The lowest BCUT2D eigenvalue weighted by Gasteiger charge is -2.10. The van der Waals surface area contributed by atoms with Gasteiger partial charge in [-0.1, -0.05) is 39.7 Å². The fourth-order valence-corrected chi connectivity index (χ4v) is 2.18. The average molecular weight is 329 g/mol. The molecule has 2 aromatic rings. The number of hydrogen-bond donors (Lipinski definition) is 2. The van der Waals surface area contributed by atoms with Crippen LogP contribution in [0, 0.1) is 0 Å². The molecule has 0 aliphatic carbocycles. The van der Waals surface area contributed by atoms with Crippen molar-refractivity contribution in [3.05, 3.63) is 51.5 Å². The molecule has 0 aliphatic rings. The van der Waals surface area contributed by atoms with Crippen LogP contribution in [0.2, 0.25) is 5.02 Å². The summed E-state index contributed by atoms with van der Waals surface area (Å²) in [4.78, 5) is 0. The van der Waals surface area contributed by atoms with Crippen LogP contribution in [0.1, 0.15) is 5.56 Å². The maximum absolute atomic E-state index is 9.45. The van der Waals surface area contributed by atoms with Crippen molar-refractivity contribution in [1.29, 1.82) is 0 Å². The molecule has 0 radical (unpaired) electrons. The first-order valence-electron chi connectivity index (χ1n) is 5.22. The fraction of sp³-hybridized carbons (Fsp3) is 0.0769. The first-order valence-corrected chi connectivity index (χ1v) is 6.39. The Labute approximate surface area is 118 Å². The summed E-state index contributed by atoms with van der Waals surface area (Å²) in [6, 6.07) is 10.4. The third kappa shape index (κ3) is 2.89. The Kier molecular flexibility index (Phi) is 3.99. The van der Waals surface area contributed by atoms with Crippen LogP contribution >= 0.6 is 27.5 Å². The quantitative estimate of drug-likeness (QED) is 0.662. The van der Waals surface area contributed by atoms with E-state index in [0.29, 0.717) is 17.4 Å². The molecule has 0 atom stereocenters. The lowest BCUT2D eigenvalue weighted by molar-refractivity contribution is 0.306. The lowest BCUT2D eigenvalue weighted by Crippen LogP contribution is -1.99. The van der Waals surface area contributed by atoms with E-state index in [9.17, 15) is 5.11 Å². The van der Waals surface area contributed by atoms with Gasteiger partial charge in [0.25, 0.3) is 0 Å². The van der Waals surface area contributed by atoms with Crippen LogP contribution in [0.25, 0.3) is 0 Å². The maximum atomic E-state index is 9.45. The fourth-order valence-electron chi connectivity index (χ4n) is 1.45. The largest absolute Gasteiger partial charge is 0.506 e. The predicted octanol–water partition coefficient (Wildman–Crippen LogP) is 3.97. The second kappa shape index (κ2) is 5.50. The summed E-state index contributed by atoms with van der Waals surface area (Å²) in [7, 11) is 0. The molecule has 0 heterocycles. The highest BCUT2D eigenvalue weighted by atomic mass is 79.9. The monoisotopic (exact) mass is 327 g/mol. The van der Waals surface area contributed by atoms with E-state index in [1.165, 1.54) is 6.07 Å². The van der Waals surface area contributed by atoms with Gasteiger partial charge in [0.15, 0.2) is 0 Å². The number of ether oxygens (including phenoxy) is 1. The summed E-state index contributed by atoms with van der Waals surface area (Å²) >= 11 is 9.41. The molecule has 0 saturated carbocycles. The van der Waals surface area contributed by atoms with Gasteiger partial charge in [-0.05, 0) is 24.3 Å². The van der Waals surface area contributed by atoms with Crippen LogP contribution < -0.4 is 10.5 Å². The van der Waals surface area contributed by atoms with E-state index < -0.39 is 0 Å². The van der Waals surface area contributed by atoms with Crippen molar-refractivity contribution < 1.29 is 9.84 Å². The first kappa shape index (κ1) is 13.1. The van der Waals surface area contributed by atoms with Gasteiger partial charge in [0.2, 0.25) is 0 Å². The van der Waals surface area contributed by atoms with Crippen molar-refractivity contribution in [2.24, 2.45) is 0 Å². The molecule has 5 heteroatoms. The Bertz CT molecular complexity index is 575. The molecule has 0 unspecified atom stereocenters. The van der Waals surface area contributed by atoms with E-state index in [1.807, 2.05) is 12.1 Å². The van der Waals surface area contributed by atoms with Crippen LogP contribution in [0.3, 0.4) is 0 Å². The highest BCUT2D eigenvalue weighted by Crippen LogP contribution is 2.31. The van der Waals surface area contributed by atoms with Gasteiger partial charge in [0.1, 0.15) is 23.8 Å². The van der Waals surface area contributed by atoms with Gasteiger partial charge >= 0.3 is 0 Å². The maximum Gasteiger partial charge on any atom is 0.146 e. The van der Waals surface area contributed by atoms with Gasteiger partial charge in [0.05, 0.1) is 0 Å². The molecule has 0 fully saturated rings. The molecular weight excluding hydrogens is 318 g/mol. The number of benzene rings is 2. The highest BCUT2D eigenvalue weighted by molar-refractivity contribution is 9.10. The van der Waals surface area contributed by atoms with Crippen molar-refractivity contribution in [1.82, 2.24) is 0 Å². The number of phenols is 1. The molecule has 3 N–H and O–H groups in total. The van der Waals surface area contributed by atoms with Crippen molar-refractivity contribution >= 4 is 33.2 Å². The second-order valence-corrected chi connectivity index (χ2v) is 5.04. The Morgan fingerprint density at radius 3 is 2.78 bits per heavy atom. The average Bonchev–Trinajstić information content (AvgIpc) is 2.33. The van der Waals surface area contributed by atoms with Crippen LogP contribution in [-0.4, -0.2) is 5.11 Å². The molecule has 94 valence electrons. The van der Waals surface area contributed by atoms with E-state index in [0.717, 1.165) is 10.0 Å². The molecule has 0 amide bonds. The summed E-state index contributed by atoms with van der Waals surface area (Å²) in [5.74, 6) is 0.448. The molecular formula is C13H11BrClNO2. The Morgan fingerprint density at radius 1 is 1.28 bits per heavy atom. The number of para-hydroxylation sites is 1. The van der Waals surface area contributed by atoms with Crippen LogP contribution in [0.15, 0.2) is 40.9 Å². The zero-order valence-electron chi connectivity index (χ0n) is 9.36. The number of aromatic hydroxyl groups is 1. The summed E-state index contributed by atoms with van der Waals surface area (Å²) in [5.41, 5.74) is 6.77. The Balaban J connectivity index is 2.14. The molecule has 3 nitrogen and oxygen atoms in total. The van der Waals surface area contributed by atoms with E-state index in [1.54, 1.807) is 18.2 Å². The number of phenolic OH excluding ortho intramolecular Hbond substituents is 1. The summed E-state index contributed by atoms with van der Waals surface area (Å²) in [5, 5.41) is 10.1. The number of nitrogen functional groups attached to an aromatic ring is 1. The number of nitrogens with two attached hydrogens (primary N) is 1. The van der Waals surface area contributed by atoms with Gasteiger partial charge in [0, 0.05) is 15.1 Å². The molecule has 2 rings (SSSR count). The van der Waals surface area contributed by atoms with Gasteiger partial charge in [-0.15, -0.1) is 0 Å². The number of rotatable bonds is 3. The van der Waals surface area contributed by atoms with Crippen molar-refractivity contribution in [3.8, 4) is 11.5 Å². The minimum atomic E-state index is 0.00871. The molecule has 18 heavy (non-hydrogen) atoms. The first-order chi connectivity index (χ1) is 8.58. The summed E-state index contributed by atoms with van der Waals surface area (Å²) in [6.07, 6.45) is 0. The number of halogens is 2. The molecule has 0 aromatic heterocycles. The van der Waals surface area contributed by atoms with E-state index >= 15 is 0 Å². The van der Waals surface area contributed by atoms with Gasteiger partial charge in [-0.3, -0.25) is 0 Å². The zero-order chi connectivity index (χ0) is 13.1. The van der Waals surface area contributed by atoms with Crippen molar-refractivity contribution in [2.45, 2.75) is 6.61 Å². The smallest absolute Gasteiger partial charge is 0.146 e. The van der Waals surface area contributed by atoms with Gasteiger partial charge < -0.3 is 15.6 Å². The molecule has 0 bridgehead atoms. The molecule has 0 spiro atoms.